The van der Waals surface area contributed by atoms with E-state index in [9.17, 15) is 10.1 Å². The molecule has 20 heavy (non-hydrogen) atoms. The fourth-order valence-electron chi connectivity index (χ4n) is 2.50. The minimum absolute atomic E-state index is 0.160. The first-order chi connectivity index (χ1) is 9.51. The molecule has 0 aromatic heterocycles. The Morgan fingerprint density at radius 3 is 2.90 bits per heavy atom. The van der Waals surface area contributed by atoms with Crippen LogP contribution >= 0.6 is 11.6 Å². The van der Waals surface area contributed by atoms with Crippen molar-refractivity contribution >= 4 is 17.3 Å². The van der Waals surface area contributed by atoms with Crippen LogP contribution in [0.5, 0.6) is 5.75 Å². The molecule has 1 aromatic carbocycles. The van der Waals surface area contributed by atoms with Gasteiger partial charge in [-0.2, -0.15) is 5.26 Å². The van der Waals surface area contributed by atoms with Gasteiger partial charge in [0.15, 0.2) is 5.75 Å². The number of nitrogens with zero attached hydrogens (tertiary/aromatic N) is 2. The first-order valence-electron chi connectivity index (χ1n) is 6.51. The van der Waals surface area contributed by atoms with Gasteiger partial charge in [0.2, 0.25) is 0 Å². The number of nitro groups is 1. The van der Waals surface area contributed by atoms with Gasteiger partial charge in [-0.3, -0.25) is 10.1 Å². The van der Waals surface area contributed by atoms with Gasteiger partial charge in [-0.25, -0.2) is 0 Å². The van der Waals surface area contributed by atoms with Crippen molar-refractivity contribution in [1.29, 1.82) is 5.26 Å². The van der Waals surface area contributed by atoms with E-state index in [0.717, 1.165) is 19.3 Å². The summed E-state index contributed by atoms with van der Waals surface area (Å²) in [6.45, 7) is 2.10. The number of hydrogen-bond acceptors (Lipinski definition) is 4. The van der Waals surface area contributed by atoms with E-state index in [0.29, 0.717) is 5.92 Å². The summed E-state index contributed by atoms with van der Waals surface area (Å²) in [4.78, 5) is 10.5. The molecule has 0 heterocycles. The molecule has 1 fully saturated rings. The van der Waals surface area contributed by atoms with E-state index in [-0.39, 0.29) is 28.5 Å². The molecule has 0 amide bonds. The average Bonchev–Trinajstić information content (AvgIpc) is 2.41. The molecule has 6 heteroatoms. The molecule has 0 bridgehead atoms. The van der Waals surface area contributed by atoms with Crippen molar-refractivity contribution in [2.75, 3.05) is 0 Å². The summed E-state index contributed by atoms with van der Waals surface area (Å²) in [6, 6.07) is 6.55. The largest absolute Gasteiger partial charge is 0.482 e. The summed E-state index contributed by atoms with van der Waals surface area (Å²) in [5, 5.41) is 20.5. The lowest BCUT2D eigenvalue weighted by molar-refractivity contribution is -0.386. The fraction of sp³-hybridized carbons (Fsp3) is 0.500. The number of benzene rings is 1. The standard InChI is InChI=1S/C14H15ClN2O3/c1-9-2-3-10(8-16)14(6-9)20-13-5-4-11(15)7-12(13)17(18)19/h4-5,7,9-10,14H,2-3,6H2,1H3. The predicted molar refractivity (Wildman–Crippen MR) is 74.6 cm³/mol. The topological polar surface area (TPSA) is 76.2 Å². The van der Waals surface area contributed by atoms with Crippen LogP contribution in [0.1, 0.15) is 26.2 Å². The Balaban J connectivity index is 2.24. The van der Waals surface area contributed by atoms with Crippen molar-refractivity contribution in [3.8, 4) is 11.8 Å². The molecule has 0 saturated heterocycles. The van der Waals surface area contributed by atoms with Gasteiger partial charge in [-0.1, -0.05) is 18.5 Å². The van der Waals surface area contributed by atoms with Crippen LogP contribution in [0, 0.1) is 33.3 Å². The van der Waals surface area contributed by atoms with Gasteiger partial charge in [0.1, 0.15) is 6.10 Å². The SMILES string of the molecule is CC1CCC(C#N)C(Oc2ccc(Cl)cc2[N+](=O)[O-])C1. The molecule has 106 valence electrons. The third-order valence-corrected chi connectivity index (χ3v) is 3.85. The van der Waals surface area contributed by atoms with Crippen molar-refractivity contribution in [2.45, 2.75) is 32.3 Å². The Labute approximate surface area is 122 Å². The van der Waals surface area contributed by atoms with Gasteiger partial charge in [0.25, 0.3) is 0 Å². The first kappa shape index (κ1) is 14.6. The Kier molecular flexibility index (Phi) is 4.46. The Hall–Kier alpha value is -1.80. The third kappa shape index (κ3) is 3.20. The second kappa shape index (κ2) is 6.10. The van der Waals surface area contributed by atoms with Crippen LogP contribution in [-0.4, -0.2) is 11.0 Å². The van der Waals surface area contributed by atoms with Crippen LogP contribution in [0.25, 0.3) is 0 Å². The highest BCUT2D eigenvalue weighted by Crippen LogP contribution is 2.36. The second-order valence-electron chi connectivity index (χ2n) is 5.18. The number of nitriles is 1. The smallest absolute Gasteiger partial charge is 0.312 e. The highest BCUT2D eigenvalue weighted by atomic mass is 35.5. The van der Waals surface area contributed by atoms with E-state index >= 15 is 0 Å². The maximum atomic E-state index is 11.0. The van der Waals surface area contributed by atoms with Crippen molar-refractivity contribution in [2.24, 2.45) is 11.8 Å². The number of rotatable bonds is 3. The number of halogens is 1. The van der Waals surface area contributed by atoms with E-state index in [1.165, 1.54) is 12.1 Å². The first-order valence-corrected chi connectivity index (χ1v) is 6.89. The molecule has 0 radical (unpaired) electrons. The summed E-state index contributed by atoms with van der Waals surface area (Å²) in [6.07, 6.45) is 2.19. The lowest BCUT2D eigenvalue weighted by atomic mass is 9.81. The molecule has 1 aliphatic carbocycles. The number of nitro benzene ring substituents is 1. The van der Waals surface area contributed by atoms with E-state index in [1.54, 1.807) is 6.07 Å². The summed E-state index contributed by atoms with van der Waals surface area (Å²) < 4.78 is 5.75. The molecule has 3 atom stereocenters. The van der Waals surface area contributed by atoms with E-state index in [2.05, 4.69) is 13.0 Å². The van der Waals surface area contributed by atoms with Crippen molar-refractivity contribution in [3.05, 3.63) is 33.3 Å². The Morgan fingerprint density at radius 1 is 1.50 bits per heavy atom. The number of ether oxygens (including phenoxy) is 1. The molecule has 2 rings (SSSR count). The van der Waals surface area contributed by atoms with Gasteiger partial charge < -0.3 is 4.74 Å². The zero-order chi connectivity index (χ0) is 14.7. The van der Waals surface area contributed by atoms with E-state index < -0.39 is 4.92 Å². The van der Waals surface area contributed by atoms with Crippen molar-refractivity contribution in [1.82, 2.24) is 0 Å². The van der Waals surface area contributed by atoms with E-state index in [1.807, 2.05) is 0 Å². The number of hydrogen-bond donors (Lipinski definition) is 0. The molecular weight excluding hydrogens is 280 g/mol. The minimum Gasteiger partial charge on any atom is -0.482 e. The Morgan fingerprint density at radius 2 is 2.25 bits per heavy atom. The summed E-state index contributed by atoms with van der Waals surface area (Å²) in [5.41, 5.74) is -0.160. The van der Waals surface area contributed by atoms with Crippen molar-refractivity contribution in [3.63, 3.8) is 0 Å². The molecule has 1 saturated carbocycles. The maximum absolute atomic E-state index is 11.0. The molecule has 5 nitrogen and oxygen atoms in total. The molecular formula is C14H15ClN2O3. The molecule has 1 aliphatic rings. The molecule has 3 unspecified atom stereocenters. The van der Waals surface area contributed by atoms with Crippen LogP contribution in [0.2, 0.25) is 5.02 Å². The normalized spacial score (nSPS) is 25.8. The maximum Gasteiger partial charge on any atom is 0.312 e. The highest BCUT2D eigenvalue weighted by molar-refractivity contribution is 6.30. The summed E-state index contributed by atoms with van der Waals surface area (Å²) in [5.74, 6) is 0.413. The lowest BCUT2D eigenvalue weighted by Gasteiger charge is -2.31. The van der Waals surface area contributed by atoms with Crippen LogP contribution in [-0.2, 0) is 0 Å². The second-order valence-corrected chi connectivity index (χ2v) is 5.62. The molecule has 0 spiro atoms. The molecule has 0 N–H and O–H groups in total. The van der Waals surface area contributed by atoms with Crippen LogP contribution in [0.3, 0.4) is 0 Å². The van der Waals surface area contributed by atoms with Gasteiger partial charge in [0, 0.05) is 11.1 Å². The van der Waals surface area contributed by atoms with Crippen LogP contribution in [0.4, 0.5) is 5.69 Å². The van der Waals surface area contributed by atoms with Crippen molar-refractivity contribution < 1.29 is 9.66 Å². The van der Waals surface area contributed by atoms with Crippen LogP contribution in [0.15, 0.2) is 18.2 Å². The monoisotopic (exact) mass is 294 g/mol. The summed E-state index contributed by atoms with van der Waals surface area (Å²) >= 11 is 5.77. The quantitative estimate of drug-likeness (QED) is 0.624. The lowest BCUT2D eigenvalue weighted by Crippen LogP contribution is -2.32. The molecule has 1 aromatic rings. The highest BCUT2D eigenvalue weighted by Gasteiger charge is 2.32. The Bertz CT molecular complexity index is 556. The third-order valence-electron chi connectivity index (χ3n) is 3.62. The fourth-order valence-corrected chi connectivity index (χ4v) is 2.67. The van der Waals surface area contributed by atoms with Gasteiger partial charge >= 0.3 is 5.69 Å². The van der Waals surface area contributed by atoms with Gasteiger partial charge in [-0.05, 0) is 37.3 Å². The minimum atomic E-state index is -0.519. The van der Waals surface area contributed by atoms with Gasteiger partial charge in [-0.15, -0.1) is 0 Å². The molecule has 0 aliphatic heterocycles. The average molecular weight is 295 g/mol. The summed E-state index contributed by atoms with van der Waals surface area (Å²) in [7, 11) is 0. The predicted octanol–water partition coefficient (Wildman–Crippen LogP) is 3.96. The zero-order valence-electron chi connectivity index (χ0n) is 11.1. The van der Waals surface area contributed by atoms with Crippen LogP contribution < -0.4 is 4.74 Å². The van der Waals surface area contributed by atoms with Gasteiger partial charge in [0.05, 0.1) is 16.9 Å². The zero-order valence-corrected chi connectivity index (χ0v) is 11.8. The van der Waals surface area contributed by atoms with E-state index in [4.69, 9.17) is 21.6 Å².